The Balaban J connectivity index is 0.00000192. The van der Waals surface area contributed by atoms with Crippen LogP contribution in [0.25, 0.3) is 0 Å². The van der Waals surface area contributed by atoms with Crippen molar-refractivity contribution in [1.29, 1.82) is 5.26 Å². The summed E-state index contributed by atoms with van der Waals surface area (Å²) in [5.74, 6) is 1.38. The highest BCUT2D eigenvalue weighted by atomic mass is 35.5. The molecule has 3 rings (SSSR count). The van der Waals surface area contributed by atoms with Crippen molar-refractivity contribution in [2.75, 3.05) is 26.2 Å². The van der Waals surface area contributed by atoms with Crippen LogP contribution >= 0.6 is 12.4 Å². The summed E-state index contributed by atoms with van der Waals surface area (Å²) in [6.45, 7) is 4.42. The van der Waals surface area contributed by atoms with Gasteiger partial charge >= 0.3 is 0 Å². The molecule has 0 bridgehead atoms. The fourth-order valence-corrected chi connectivity index (χ4v) is 4.26. The Morgan fingerprint density at radius 2 is 1.91 bits per heavy atom. The van der Waals surface area contributed by atoms with Gasteiger partial charge in [0, 0.05) is 32.6 Å². The Bertz CT molecular complexity index is 493. The van der Waals surface area contributed by atoms with Crippen molar-refractivity contribution < 1.29 is 9.59 Å². The lowest BCUT2D eigenvalue weighted by Crippen LogP contribution is -2.43. The number of halogens is 1. The first-order chi connectivity index (χ1) is 10.6. The molecule has 2 saturated heterocycles. The summed E-state index contributed by atoms with van der Waals surface area (Å²) in [6, 6.07) is 2.35. The third-order valence-corrected chi connectivity index (χ3v) is 5.46. The minimum atomic E-state index is -0.235. The largest absolute Gasteiger partial charge is 0.342 e. The van der Waals surface area contributed by atoms with Gasteiger partial charge in [0.15, 0.2) is 0 Å². The first kappa shape index (κ1) is 18.0. The van der Waals surface area contributed by atoms with Crippen LogP contribution in [0.1, 0.15) is 32.6 Å². The van der Waals surface area contributed by atoms with Crippen molar-refractivity contribution in [3.05, 3.63) is 0 Å². The second kappa shape index (κ2) is 7.50. The lowest BCUT2D eigenvalue weighted by atomic mass is 10.0. The fourth-order valence-electron chi connectivity index (χ4n) is 4.26. The Morgan fingerprint density at radius 1 is 1.26 bits per heavy atom. The minimum absolute atomic E-state index is 0. The van der Waals surface area contributed by atoms with Gasteiger partial charge in [-0.3, -0.25) is 9.59 Å². The molecule has 3 fully saturated rings. The Labute approximate surface area is 143 Å². The van der Waals surface area contributed by atoms with Crippen LogP contribution in [0.5, 0.6) is 0 Å². The van der Waals surface area contributed by atoms with Crippen LogP contribution in [-0.2, 0) is 9.59 Å². The first-order valence-corrected chi connectivity index (χ1v) is 8.26. The Kier molecular flexibility index (Phi) is 5.88. The van der Waals surface area contributed by atoms with Crippen LogP contribution in [-0.4, -0.2) is 59.9 Å². The summed E-state index contributed by atoms with van der Waals surface area (Å²) < 4.78 is 0. The van der Waals surface area contributed by atoms with Crippen LogP contribution in [0.15, 0.2) is 0 Å². The molecular formula is C16H25ClN4O2. The van der Waals surface area contributed by atoms with E-state index in [1.54, 1.807) is 11.8 Å². The molecule has 0 aromatic rings. The van der Waals surface area contributed by atoms with Crippen molar-refractivity contribution in [2.24, 2.45) is 11.8 Å². The molecule has 4 atom stereocenters. The lowest BCUT2D eigenvalue weighted by Gasteiger charge is -2.22. The molecule has 0 aromatic heterocycles. The molecule has 1 saturated carbocycles. The number of nitrogens with one attached hydrogen (secondary N) is 1. The number of amides is 2. The number of likely N-dealkylation sites (tertiary alicyclic amines) is 2. The van der Waals surface area contributed by atoms with E-state index in [1.165, 1.54) is 0 Å². The van der Waals surface area contributed by atoms with Crippen molar-refractivity contribution in [3.8, 4) is 6.07 Å². The Hall–Kier alpha value is -1.32. The van der Waals surface area contributed by atoms with Crippen LogP contribution in [0.4, 0.5) is 0 Å². The van der Waals surface area contributed by atoms with E-state index in [2.05, 4.69) is 11.4 Å². The molecule has 2 amide bonds. The molecule has 2 aliphatic heterocycles. The van der Waals surface area contributed by atoms with E-state index in [1.807, 2.05) is 4.90 Å². The number of nitriles is 1. The van der Waals surface area contributed by atoms with Gasteiger partial charge < -0.3 is 15.1 Å². The van der Waals surface area contributed by atoms with Crippen LogP contribution in [0.3, 0.4) is 0 Å². The van der Waals surface area contributed by atoms with E-state index < -0.39 is 0 Å². The van der Waals surface area contributed by atoms with Gasteiger partial charge in [-0.25, -0.2) is 0 Å². The number of fused-ring (bicyclic) bond motifs is 1. The average molecular weight is 341 g/mol. The second-order valence-corrected chi connectivity index (χ2v) is 6.87. The molecular weight excluding hydrogens is 316 g/mol. The van der Waals surface area contributed by atoms with Crippen LogP contribution in [0.2, 0.25) is 0 Å². The highest BCUT2D eigenvalue weighted by molar-refractivity contribution is 5.85. The normalized spacial score (nSPS) is 32.3. The third-order valence-electron chi connectivity index (χ3n) is 5.46. The predicted octanol–water partition coefficient (Wildman–Crippen LogP) is 0.769. The first-order valence-electron chi connectivity index (χ1n) is 8.26. The standard InChI is InChI=1S/C16H24N4O2.ClH/c1-11(21)19-9-12-5-14(6-13(12)10-19)18-8-16(22)20-4-2-3-15(20)7-17;/h12-15,18H,2-6,8-10H2,1H3;1H/t12-,13+,14?,15-;/m0./s1. The van der Waals surface area contributed by atoms with Crippen molar-refractivity contribution in [1.82, 2.24) is 15.1 Å². The van der Waals surface area contributed by atoms with Gasteiger partial charge in [0.25, 0.3) is 0 Å². The molecule has 0 radical (unpaired) electrons. The van der Waals surface area contributed by atoms with E-state index in [4.69, 9.17) is 5.26 Å². The Morgan fingerprint density at radius 3 is 2.48 bits per heavy atom. The molecule has 1 N–H and O–H groups in total. The summed E-state index contributed by atoms with van der Waals surface area (Å²) in [6.07, 6.45) is 3.82. The number of hydrogen-bond acceptors (Lipinski definition) is 4. The lowest BCUT2D eigenvalue weighted by molar-refractivity contribution is -0.130. The van der Waals surface area contributed by atoms with Gasteiger partial charge in [0.1, 0.15) is 6.04 Å². The van der Waals surface area contributed by atoms with E-state index in [0.29, 0.717) is 31.0 Å². The SMILES string of the molecule is CC(=O)N1C[C@H]2CC(NCC(=O)N3CCC[C@H]3C#N)C[C@H]2C1.Cl. The average Bonchev–Trinajstić information content (AvgIpc) is 3.17. The molecule has 6 nitrogen and oxygen atoms in total. The van der Waals surface area contributed by atoms with E-state index in [-0.39, 0.29) is 30.3 Å². The van der Waals surface area contributed by atoms with Crippen LogP contribution < -0.4 is 5.32 Å². The summed E-state index contributed by atoms with van der Waals surface area (Å²) in [4.78, 5) is 27.3. The summed E-state index contributed by atoms with van der Waals surface area (Å²) >= 11 is 0. The van der Waals surface area contributed by atoms with Gasteiger partial charge in [0.05, 0.1) is 12.6 Å². The van der Waals surface area contributed by atoms with E-state index in [9.17, 15) is 9.59 Å². The molecule has 2 heterocycles. The van der Waals surface area contributed by atoms with Gasteiger partial charge in [0.2, 0.25) is 11.8 Å². The molecule has 7 heteroatoms. The second-order valence-electron chi connectivity index (χ2n) is 6.87. The fraction of sp³-hybridized carbons (Fsp3) is 0.812. The van der Waals surface area contributed by atoms with Gasteiger partial charge in [-0.15, -0.1) is 12.4 Å². The highest BCUT2D eigenvalue weighted by Gasteiger charge is 2.41. The number of carbonyl (C=O) groups excluding carboxylic acids is 2. The zero-order valence-electron chi connectivity index (χ0n) is 13.5. The predicted molar refractivity (Wildman–Crippen MR) is 87.9 cm³/mol. The molecule has 1 aliphatic carbocycles. The van der Waals surface area contributed by atoms with E-state index >= 15 is 0 Å². The molecule has 3 aliphatic rings. The third kappa shape index (κ3) is 3.78. The molecule has 1 unspecified atom stereocenters. The zero-order chi connectivity index (χ0) is 15.7. The number of hydrogen-bond donors (Lipinski definition) is 1. The molecule has 0 aromatic carbocycles. The number of rotatable bonds is 3. The molecule has 128 valence electrons. The minimum Gasteiger partial charge on any atom is -0.342 e. The molecule has 0 spiro atoms. The number of nitrogens with zero attached hydrogens (tertiary/aromatic N) is 3. The zero-order valence-corrected chi connectivity index (χ0v) is 14.3. The number of carbonyl (C=O) groups is 2. The maximum absolute atomic E-state index is 12.2. The maximum atomic E-state index is 12.2. The van der Waals surface area contributed by atoms with Gasteiger partial charge in [-0.1, -0.05) is 0 Å². The van der Waals surface area contributed by atoms with Crippen LogP contribution in [0, 0.1) is 23.2 Å². The van der Waals surface area contributed by atoms with Gasteiger partial charge in [-0.05, 0) is 37.5 Å². The topological polar surface area (TPSA) is 76.4 Å². The smallest absolute Gasteiger partial charge is 0.237 e. The maximum Gasteiger partial charge on any atom is 0.237 e. The quantitative estimate of drug-likeness (QED) is 0.823. The van der Waals surface area contributed by atoms with Crippen molar-refractivity contribution in [2.45, 2.75) is 44.7 Å². The highest BCUT2D eigenvalue weighted by Crippen LogP contribution is 2.38. The summed E-state index contributed by atoms with van der Waals surface area (Å²) in [5.41, 5.74) is 0. The molecule has 23 heavy (non-hydrogen) atoms. The van der Waals surface area contributed by atoms with Gasteiger partial charge in [-0.2, -0.15) is 5.26 Å². The summed E-state index contributed by atoms with van der Waals surface area (Å²) in [7, 11) is 0. The monoisotopic (exact) mass is 340 g/mol. The van der Waals surface area contributed by atoms with E-state index in [0.717, 1.165) is 38.8 Å². The summed E-state index contributed by atoms with van der Waals surface area (Å²) in [5, 5.41) is 12.4. The van der Waals surface area contributed by atoms with Crippen molar-refractivity contribution >= 4 is 24.2 Å². The van der Waals surface area contributed by atoms with Crippen molar-refractivity contribution in [3.63, 3.8) is 0 Å².